The Labute approximate surface area is 188 Å². The third kappa shape index (κ3) is 5.31. The fourth-order valence-corrected chi connectivity index (χ4v) is 4.48. The lowest BCUT2D eigenvalue weighted by Gasteiger charge is -2.32. The van der Waals surface area contributed by atoms with Gasteiger partial charge >= 0.3 is 0 Å². The highest BCUT2D eigenvalue weighted by Crippen LogP contribution is 2.28. The van der Waals surface area contributed by atoms with Crippen LogP contribution in [0.25, 0.3) is 10.4 Å². The second-order valence-corrected chi connectivity index (χ2v) is 9.98. The van der Waals surface area contributed by atoms with Crippen molar-refractivity contribution < 1.29 is 14.3 Å². The largest absolute Gasteiger partial charge is 0.380 e. The van der Waals surface area contributed by atoms with E-state index in [1.807, 2.05) is 57.5 Å². The maximum absolute atomic E-state index is 13.0. The number of nitrogens with two attached hydrogens (primary N) is 1. The summed E-state index contributed by atoms with van der Waals surface area (Å²) in [5, 5.41) is 2.97. The third-order valence-corrected chi connectivity index (χ3v) is 6.79. The average molecular weight is 445 g/mol. The standard InChI is InChI=1S/C23H32N4O3S/c1-14-19(31-13-26-14)16-8-6-15(7-9-16)11-25-21(28)18-10-17(30-5)12-27(18)22(29)20(24)23(2,3)4/h6-9,13,17-18,20H,10-12,24H2,1-5H3,(H,25,28)/t17-,18+,20-/m1/s1. The smallest absolute Gasteiger partial charge is 0.243 e. The van der Waals surface area contributed by atoms with Crippen LogP contribution in [0.15, 0.2) is 29.8 Å². The molecule has 7 nitrogen and oxygen atoms in total. The molecule has 0 unspecified atom stereocenters. The van der Waals surface area contributed by atoms with Gasteiger partial charge < -0.3 is 20.7 Å². The first kappa shape index (κ1) is 23.4. The van der Waals surface area contributed by atoms with Crippen molar-refractivity contribution in [2.24, 2.45) is 11.1 Å². The maximum Gasteiger partial charge on any atom is 0.243 e. The van der Waals surface area contributed by atoms with Crippen molar-refractivity contribution in [1.29, 1.82) is 0 Å². The fourth-order valence-electron chi connectivity index (χ4n) is 3.67. The zero-order valence-electron chi connectivity index (χ0n) is 18.8. The zero-order valence-corrected chi connectivity index (χ0v) is 19.7. The number of nitrogens with one attached hydrogen (secondary N) is 1. The summed E-state index contributed by atoms with van der Waals surface area (Å²) in [6, 6.07) is 6.82. The summed E-state index contributed by atoms with van der Waals surface area (Å²) >= 11 is 1.61. The molecule has 1 aliphatic heterocycles. The van der Waals surface area contributed by atoms with E-state index in [-0.39, 0.29) is 23.3 Å². The van der Waals surface area contributed by atoms with E-state index < -0.39 is 12.1 Å². The molecule has 1 aromatic heterocycles. The van der Waals surface area contributed by atoms with E-state index in [4.69, 9.17) is 10.5 Å². The molecule has 8 heteroatoms. The van der Waals surface area contributed by atoms with E-state index in [0.29, 0.717) is 19.5 Å². The second kappa shape index (κ2) is 9.46. The highest BCUT2D eigenvalue weighted by molar-refractivity contribution is 7.13. The third-order valence-electron chi connectivity index (χ3n) is 5.81. The van der Waals surface area contributed by atoms with Crippen LogP contribution in [0.4, 0.5) is 0 Å². The number of rotatable bonds is 6. The molecule has 0 radical (unpaired) electrons. The van der Waals surface area contributed by atoms with Crippen LogP contribution in [0.3, 0.4) is 0 Å². The lowest BCUT2D eigenvalue weighted by molar-refractivity contribution is -0.141. The Balaban J connectivity index is 1.65. The van der Waals surface area contributed by atoms with Crippen LogP contribution in [0, 0.1) is 12.3 Å². The molecule has 1 fully saturated rings. The van der Waals surface area contributed by atoms with Gasteiger partial charge in [0.25, 0.3) is 0 Å². The summed E-state index contributed by atoms with van der Waals surface area (Å²) in [7, 11) is 1.60. The van der Waals surface area contributed by atoms with Crippen LogP contribution in [0.1, 0.15) is 38.4 Å². The quantitative estimate of drug-likeness (QED) is 0.714. The van der Waals surface area contributed by atoms with Crippen LogP contribution < -0.4 is 11.1 Å². The summed E-state index contributed by atoms with van der Waals surface area (Å²) < 4.78 is 5.44. The van der Waals surface area contributed by atoms with Gasteiger partial charge in [-0.25, -0.2) is 4.98 Å². The van der Waals surface area contributed by atoms with Crippen LogP contribution in [-0.4, -0.2) is 53.5 Å². The zero-order chi connectivity index (χ0) is 22.8. The van der Waals surface area contributed by atoms with Gasteiger partial charge in [0, 0.05) is 26.6 Å². The fraction of sp³-hybridized carbons (Fsp3) is 0.522. The Morgan fingerprint density at radius 3 is 2.55 bits per heavy atom. The lowest BCUT2D eigenvalue weighted by atomic mass is 9.86. The van der Waals surface area contributed by atoms with Crippen molar-refractivity contribution in [3.8, 4) is 10.4 Å². The van der Waals surface area contributed by atoms with Crippen molar-refractivity contribution in [1.82, 2.24) is 15.2 Å². The molecule has 1 aliphatic rings. The summed E-state index contributed by atoms with van der Waals surface area (Å²) in [4.78, 5) is 33.0. The number of methoxy groups -OCH3 is 1. The number of carbonyl (C=O) groups excluding carboxylic acids is 2. The van der Waals surface area contributed by atoms with Crippen LogP contribution >= 0.6 is 11.3 Å². The molecule has 2 heterocycles. The van der Waals surface area contributed by atoms with Gasteiger partial charge in [-0.1, -0.05) is 45.0 Å². The molecule has 2 aromatic rings. The van der Waals surface area contributed by atoms with Crippen molar-refractivity contribution in [2.75, 3.05) is 13.7 Å². The van der Waals surface area contributed by atoms with Gasteiger partial charge in [0.2, 0.25) is 11.8 Å². The number of nitrogens with zero attached hydrogens (tertiary/aromatic N) is 2. The van der Waals surface area contributed by atoms with E-state index in [0.717, 1.165) is 21.7 Å². The maximum atomic E-state index is 13.0. The highest BCUT2D eigenvalue weighted by Gasteiger charge is 2.43. The minimum atomic E-state index is -0.679. The van der Waals surface area contributed by atoms with E-state index in [1.165, 1.54) is 0 Å². The van der Waals surface area contributed by atoms with Crippen molar-refractivity contribution in [3.63, 3.8) is 0 Å². The molecular formula is C23H32N4O3S. The number of thiazole rings is 1. The molecule has 168 valence electrons. The number of hydrogen-bond acceptors (Lipinski definition) is 6. The SMILES string of the molecule is CO[C@@H]1C[C@@H](C(=O)NCc2ccc(-c3scnc3C)cc2)N(C(=O)[C@@H](N)C(C)(C)C)C1. The molecule has 1 saturated heterocycles. The number of carbonyl (C=O) groups is 2. The van der Waals surface area contributed by atoms with E-state index in [9.17, 15) is 9.59 Å². The van der Waals surface area contributed by atoms with Crippen LogP contribution in [-0.2, 0) is 20.9 Å². The monoisotopic (exact) mass is 444 g/mol. The van der Waals surface area contributed by atoms with Gasteiger partial charge in [-0.3, -0.25) is 9.59 Å². The summed E-state index contributed by atoms with van der Waals surface area (Å²) in [6.45, 7) is 8.53. The molecule has 1 aromatic carbocycles. The molecule has 31 heavy (non-hydrogen) atoms. The Morgan fingerprint density at radius 2 is 2.00 bits per heavy atom. The number of benzene rings is 1. The van der Waals surface area contributed by atoms with Gasteiger partial charge in [-0.05, 0) is 23.5 Å². The second-order valence-electron chi connectivity index (χ2n) is 9.13. The first-order valence-electron chi connectivity index (χ1n) is 10.5. The number of likely N-dealkylation sites (tertiary alicyclic amines) is 1. The Bertz CT molecular complexity index is 920. The Morgan fingerprint density at radius 1 is 1.32 bits per heavy atom. The van der Waals surface area contributed by atoms with Gasteiger partial charge in [0.1, 0.15) is 6.04 Å². The number of aromatic nitrogens is 1. The average Bonchev–Trinajstić information content (AvgIpc) is 3.37. The molecule has 3 rings (SSSR count). The Hall–Kier alpha value is -2.29. The van der Waals surface area contributed by atoms with E-state index >= 15 is 0 Å². The normalized spacial score (nSPS) is 20.0. The van der Waals surface area contributed by atoms with Gasteiger partial charge in [-0.15, -0.1) is 11.3 Å². The molecule has 0 spiro atoms. The first-order chi connectivity index (χ1) is 14.6. The summed E-state index contributed by atoms with van der Waals surface area (Å²) in [6.07, 6.45) is 0.294. The van der Waals surface area contributed by atoms with E-state index in [2.05, 4.69) is 10.3 Å². The molecule has 3 atom stereocenters. The number of hydrogen-bond donors (Lipinski definition) is 2. The molecule has 0 saturated carbocycles. The van der Waals surface area contributed by atoms with E-state index in [1.54, 1.807) is 23.3 Å². The van der Waals surface area contributed by atoms with Gasteiger partial charge in [0.15, 0.2) is 0 Å². The van der Waals surface area contributed by atoms with Gasteiger partial charge in [-0.2, -0.15) is 0 Å². The highest BCUT2D eigenvalue weighted by atomic mass is 32.1. The minimum Gasteiger partial charge on any atom is -0.380 e. The minimum absolute atomic E-state index is 0.172. The predicted octanol–water partition coefficient (Wildman–Crippen LogP) is 2.72. The lowest BCUT2D eigenvalue weighted by Crippen LogP contribution is -2.54. The predicted molar refractivity (Wildman–Crippen MR) is 122 cm³/mol. The van der Waals surface area contributed by atoms with Crippen LogP contribution in [0.2, 0.25) is 0 Å². The summed E-state index contributed by atoms with van der Waals surface area (Å²) in [5.41, 5.74) is 10.8. The molecule has 3 N–H and O–H groups in total. The van der Waals surface area contributed by atoms with Crippen LogP contribution in [0.5, 0.6) is 0 Å². The molecule has 2 amide bonds. The topological polar surface area (TPSA) is 97.5 Å². The van der Waals surface area contributed by atoms with Gasteiger partial charge in [0.05, 0.1) is 28.2 Å². The number of ether oxygens (including phenoxy) is 1. The van der Waals surface area contributed by atoms with Crippen molar-refractivity contribution in [2.45, 2.75) is 58.8 Å². The molecular weight excluding hydrogens is 412 g/mol. The number of aryl methyl sites for hydroxylation is 1. The molecule has 0 bridgehead atoms. The summed E-state index contributed by atoms with van der Waals surface area (Å²) in [5.74, 6) is -0.395. The number of amides is 2. The van der Waals surface area contributed by atoms with Crippen molar-refractivity contribution in [3.05, 3.63) is 41.0 Å². The molecule has 0 aliphatic carbocycles. The first-order valence-corrected chi connectivity index (χ1v) is 11.4. The van der Waals surface area contributed by atoms with Crippen molar-refractivity contribution >= 4 is 23.2 Å². The Kier molecular flexibility index (Phi) is 7.13.